The minimum atomic E-state index is -0.888. The van der Waals surface area contributed by atoms with E-state index < -0.39 is 24.0 Å². The first-order valence-electron chi connectivity index (χ1n) is 11.7. The number of carbonyl (C=O) groups is 1. The molecule has 0 bridgehead atoms. The number of rotatable bonds is 12. The largest absolute Gasteiger partial charge is 0.494 e. The van der Waals surface area contributed by atoms with Crippen LogP contribution in [0.15, 0.2) is 49.3 Å². The van der Waals surface area contributed by atoms with Gasteiger partial charge >= 0.3 is 5.97 Å². The molecule has 3 rings (SSSR count). The highest BCUT2D eigenvalue weighted by Crippen LogP contribution is 2.30. The zero-order chi connectivity index (χ0) is 23.7. The highest BCUT2D eigenvalue weighted by atomic mass is 16.8. The first kappa shape index (κ1) is 24.9. The monoisotopic (exact) mass is 454 g/mol. The van der Waals surface area contributed by atoms with Crippen LogP contribution in [0, 0.1) is 0 Å². The van der Waals surface area contributed by atoms with Crippen molar-refractivity contribution in [2.75, 3.05) is 6.61 Å². The highest BCUT2D eigenvalue weighted by Gasteiger charge is 2.45. The van der Waals surface area contributed by atoms with Gasteiger partial charge in [-0.3, -0.25) is 0 Å². The van der Waals surface area contributed by atoms with Crippen molar-refractivity contribution in [2.45, 2.75) is 77.3 Å². The number of esters is 1. The summed E-state index contributed by atoms with van der Waals surface area (Å²) >= 11 is 0. The normalized spacial score (nSPS) is 19.2. The molecule has 7 heteroatoms. The molecule has 0 spiro atoms. The van der Waals surface area contributed by atoms with Crippen molar-refractivity contribution in [1.82, 2.24) is 9.97 Å². The van der Waals surface area contributed by atoms with E-state index in [1.807, 2.05) is 24.3 Å². The second kappa shape index (κ2) is 11.9. The second-order valence-corrected chi connectivity index (χ2v) is 8.56. The minimum absolute atomic E-state index is 0.235. The van der Waals surface area contributed by atoms with Crippen LogP contribution >= 0.6 is 0 Å². The Labute approximate surface area is 196 Å². The molecule has 2 atom stereocenters. The van der Waals surface area contributed by atoms with Crippen LogP contribution in [-0.4, -0.2) is 40.5 Å². The van der Waals surface area contributed by atoms with Crippen LogP contribution in [0.25, 0.3) is 11.4 Å². The third kappa shape index (κ3) is 7.37. The van der Waals surface area contributed by atoms with E-state index in [-0.39, 0.29) is 5.75 Å². The number of carbonyl (C=O) groups excluding carboxylic acids is 1. The summed E-state index contributed by atoms with van der Waals surface area (Å²) in [6.07, 6.45) is 10.4. The van der Waals surface area contributed by atoms with Crippen LogP contribution in [0.3, 0.4) is 0 Å². The van der Waals surface area contributed by atoms with E-state index >= 15 is 0 Å². The molecule has 1 aliphatic rings. The molecule has 7 nitrogen and oxygen atoms in total. The summed E-state index contributed by atoms with van der Waals surface area (Å²) in [6.45, 7) is 10.1. The molecule has 0 amide bonds. The molecular weight excluding hydrogens is 420 g/mol. The van der Waals surface area contributed by atoms with Crippen LogP contribution in [0.5, 0.6) is 11.5 Å². The standard InChI is InChI=1S/C26H34N2O5/c1-5-7-8-9-10-11-16-30-20-14-12-19(13-15-20)24-27-17-21(18-28-24)31-25(29)23-22(6-2)32-26(3,4)33-23/h6,12-15,17-18,22-23H,2,5,7-11,16H2,1,3-4H3. The summed E-state index contributed by atoms with van der Waals surface area (Å²) in [4.78, 5) is 21.1. The molecule has 1 aliphatic heterocycles. The van der Waals surface area contributed by atoms with E-state index in [4.69, 9.17) is 18.9 Å². The van der Waals surface area contributed by atoms with Crippen LogP contribution in [0.1, 0.15) is 59.3 Å². The van der Waals surface area contributed by atoms with E-state index in [1.54, 1.807) is 13.8 Å². The summed E-state index contributed by atoms with van der Waals surface area (Å²) in [6, 6.07) is 7.66. The number of benzene rings is 1. The van der Waals surface area contributed by atoms with Gasteiger partial charge in [0, 0.05) is 5.56 Å². The Kier molecular flexibility index (Phi) is 8.97. The van der Waals surface area contributed by atoms with Crippen molar-refractivity contribution in [3.05, 3.63) is 49.3 Å². The second-order valence-electron chi connectivity index (χ2n) is 8.56. The third-order valence-corrected chi connectivity index (χ3v) is 5.32. The zero-order valence-corrected chi connectivity index (χ0v) is 19.8. The van der Waals surface area contributed by atoms with Gasteiger partial charge in [-0.1, -0.05) is 45.1 Å². The van der Waals surface area contributed by atoms with Gasteiger partial charge < -0.3 is 18.9 Å². The number of ether oxygens (including phenoxy) is 4. The molecule has 33 heavy (non-hydrogen) atoms. The summed E-state index contributed by atoms with van der Waals surface area (Å²) in [5.74, 6) is 0.138. The minimum Gasteiger partial charge on any atom is -0.494 e. The number of nitrogens with zero attached hydrogens (tertiary/aromatic N) is 2. The highest BCUT2D eigenvalue weighted by molar-refractivity contribution is 5.78. The SMILES string of the molecule is C=CC1OC(C)(C)OC1C(=O)Oc1cnc(-c2ccc(OCCCCCCCC)cc2)nc1. The fourth-order valence-electron chi connectivity index (χ4n) is 3.61. The van der Waals surface area contributed by atoms with Gasteiger partial charge in [0.2, 0.25) is 0 Å². The Bertz CT molecular complexity index is 896. The van der Waals surface area contributed by atoms with Crippen LogP contribution in [-0.2, 0) is 14.3 Å². The van der Waals surface area contributed by atoms with E-state index in [1.165, 1.54) is 50.6 Å². The smallest absolute Gasteiger partial charge is 0.343 e. The number of hydrogen-bond acceptors (Lipinski definition) is 7. The fourth-order valence-corrected chi connectivity index (χ4v) is 3.61. The van der Waals surface area contributed by atoms with Gasteiger partial charge in [0.05, 0.1) is 19.0 Å². The van der Waals surface area contributed by atoms with Crippen molar-refractivity contribution in [1.29, 1.82) is 0 Å². The third-order valence-electron chi connectivity index (χ3n) is 5.32. The predicted molar refractivity (Wildman–Crippen MR) is 126 cm³/mol. The molecule has 1 aromatic heterocycles. The van der Waals surface area contributed by atoms with Crippen molar-refractivity contribution < 1.29 is 23.7 Å². The lowest BCUT2D eigenvalue weighted by atomic mass is 10.1. The van der Waals surface area contributed by atoms with Crippen LogP contribution < -0.4 is 9.47 Å². The lowest BCUT2D eigenvalue weighted by molar-refractivity contribution is -0.163. The first-order valence-corrected chi connectivity index (χ1v) is 11.7. The molecule has 0 saturated carbocycles. The summed E-state index contributed by atoms with van der Waals surface area (Å²) in [7, 11) is 0. The Balaban J connectivity index is 1.48. The number of unbranched alkanes of at least 4 members (excludes halogenated alkanes) is 5. The average Bonchev–Trinajstić information content (AvgIpc) is 3.14. The molecular formula is C26H34N2O5. The molecule has 2 aromatic rings. The number of aromatic nitrogens is 2. The Morgan fingerprint density at radius 1 is 1.03 bits per heavy atom. The van der Waals surface area contributed by atoms with Crippen molar-refractivity contribution in [3.63, 3.8) is 0 Å². The van der Waals surface area contributed by atoms with E-state index in [9.17, 15) is 4.79 Å². The van der Waals surface area contributed by atoms with Crippen molar-refractivity contribution >= 4 is 5.97 Å². The quantitative estimate of drug-likeness (QED) is 0.238. The molecule has 178 valence electrons. The van der Waals surface area contributed by atoms with E-state index in [0.29, 0.717) is 5.82 Å². The Morgan fingerprint density at radius 3 is 2.36 bits per heavy atom. The maximum absolute atomic E-state index is 12.5. The molecule has 1 aromatic carbocycles. The predicted octanol–water partition coefficient (Wildman–Crippen LogP) is 5.49. The topological polar surface area (TPSA) is 79.8 Å². The van der Waals surface area contributed by atoms with Crippen molar-refractivity contribution in [3.8, 4) is 22.9 Å². The van der Waals surface area contributed by atoms with Gasteiger partial charge in [-0.05, 0) is 44.5 Å². The van der Waals surface area contributed by atoms with Gasteiger partial charge in [0.15, 0.2) is 23.5 Å². The Morgan fingerprint density at radius 2 is 1.70 bits per heavy atom. The van der Waals surface area contributed by atoms with E-state index in [2.05, 4.69) is 23.5 Å². The molecule has 0 aliphatic carbocycles. The number of hydrogen-bond donors (Lipinski definition) is 0. The maximum atomic E-state index is 12.5. The molecule has 0 radical (unpaired) electrons. The summed E-state index contributed by atoms with van der Waals surface area (Å²) in [5, 5.41) is 0. The average molecular weight is 455 g/mol. The van der Waals surface area contributed by atoms with E-state index in [0.717, 1.165) is 24.3 Å². The zero-order valence-electron chi connectivity index (χ0n) is 19.8. The van der Waals surface area contributed by atoms with Crippen molar-refractivity contribution in [2.24, 2.45) is 0 Å². The molecule has 2 heterocycles. The molecule has 0 N–H and O–H groups in total. The van der Waals surface area contributed by atoms with Gasteiger partial charge in [-0.2, -0.15) is 0 Å². The van der Waals surface area contributed by atoms with Crippen LogP contribution in [0.4, 0.5) is 0 Å². The Hall–Kier alpha value is -2.77. The molecule has 2 unspecified atom stereocenters. The van der Waals surface area contributed by atoms with Gasteiger partial charge in [0.25, 0.3) is 0 Å². The van der Waals surface area contributed by atoms with Gasteiger partial charge in [0.1, 0.15) is 11.9 Å². The molecule has 1 fully saturated rings. The maximum Gasteiger partial charge on any atom is 0.343 e. The van der Waals surface area contributed by atoms with Gasteiger partial charge in [-0.15, -0.1) is 6.58 Å². The molecule has 1 saturated heterocycles. The summed E-state index contributed by atoms with van der Waals surface area (Å²) in [5.41, 5.74) is 0.848. The first-order chi connectivity index (χ1) is 15.9. The lowest BCUT2D eigenvalue weighted by Gasteiger charge is -2.16. The van der Waals surface area contributed by atoms with Crippen LogP contribution in [0.2, 0.25) is 0 Å². The lowest BCUT2D eigenvalue weighted by Crippen LogP contribution is -2.34. The summed E-state index contributed by atoms with van der Waals surface area (Å²) < 4.78 is 22.5. The van der Waals surface area contributed by atoms with Gasteiger partial charge in [-0.25, -0.2) is 14.8 Å². The fraction of sp³-hybridized carbons (Fsp3) is 0.500.